The summed E-state index contributed by atoms with van der Waals surface area (Å²) in [6.07, 6.45) is 7.29. The van der Waals surface area contributed by atoms with Crippen molar-refractivity contribution in [3.05, 3.63) is 35.9 Å². The Labute approximate surface area is 123 Å². The van der Waals surface area contributed by atoms with Crippen molar-refractivity contribution in [2.24, 2.45) is 5.92 Å². The molecule has 1 aromatic carbocycles. The second kappa shape index (κ2) is 6.28. The third kappa shape index (κ3) is 3.24. The van der Waals surface area contributed by atoms with Gasteiger partial charge in [-0.2, -0.15) is 0 Å². The Morgan fingerprint density at radius 1 is 1.20 bits per heavy atom. The lowest BCUT2D eigenvalue weighted by atomic mass is 9.89. The predicted molar refractivity (Wildman–Crippen MR) is 84.8 cm³/mol. The highest BCUT2D eigenvalue weighted by Crippen LogP contribution is 2.29. The number of piperazine rings is 1. The number of hydrogen-bond donors (Lipinski definition) is 1. The van der Waals surface area contributed by atoms with E-state index in [9.17, 15) is 0 Å². The molecule has 0 spiro atoms. The van der Waals surface area contributed by atoms with Gasteiger partial charge in [0.25, 0.3) is 0 Å². The van der Waals surface area contributed by atoms with E-state index in [0.29, 0.717) is 0 Å². The van der Waals surface area contributed by atoms with E-state index in [1.165, 1.54) is 50.8 Å². The molecule has 1 aromatic rings. The smallest absolute Gasteiger partial charge is 0.0535 e. The van der Waals surface area contributed by atoms with Crippen molar-refractivity contribution in [2.45, 2.75) is 44.6 Å². The molecule has 2 heteroatoms. The summed E-state index contributed by atoms with van der Waals surface area (Å²) >= 11 is 0. The number of rotatable bonds is 4. The van der Waals surface area contributed by atoms with Crippen LogP contribution in [-0.2, 0) is 5.54 Å². The van der Waals surface area contributed by atoms with Gasteiger partial charge in [-0.15, -0.1) is 0 Å². The van der Waals surface area contributed by atoms with Gasteiger partial charge in [-0.25, -0.2) is 0 Å². The van der Waals surface area contributed by atoms with Crippen LogP contribution in [0.1, 0.15) is 44.6 Å². The molecule has 0 bridgehead atoms. The van der Waals surface area contributed by atoms with Gasteiger partial charge in [-0.1, -0.05) is 56.0 Å². The Bertz CT molecular complexity index is 411. The quantitative estimate of drug-likeness (QED) is 0.904. The molecule has 0 amide bonds. The van der Waals surface area contributed by atoms with Gasteiger partial charge >= 0.3 is 0 Å². The van der Waals surface area contributed by atoms with Crippen LogP contribution in [0.25, 0.3) is 0 Å². The molecule has 1 aliphatic carbocycles. The molecule has 1 atom stereocenters. The van der Waals surface area contributed by atoms with E-state index in [1.54, 1.807) is 0 Å². The summed E-state index contributed by atoms with van der Waals surface area (Å²) in [4.78, 5) is 2.67. The Balaban J connectivity index is 1.58. The summed E-state index contributed by atoms with van der Waals surface area (Å²) in [5.41, 5.74) is 1.54. The van der Waals surface area contributed by atoms with E-state index < -0.39 is 0 Å². The highest BCUT2D eigenvalue weighted by atomic mass is 15.2. The molecule has 3 rings (SSSR count). The molecule has 2 nitrogen and oxygen atoms in total. The number of nitrogens with zero attached hydrogens (tertiary/aromatic N) is 1. The monoisotopic (exact) mass is 272 g/mol. The first-order chi connectivity index (χ1) is 9.76. The van der Waals surface area contributed by atoms with E-state index in [0.717, 1.165) is 19.0 Å². The summed E-state index contributed by atoms with van der Waals surface area (Å²) in [5, 5.41) is 3.73. The molecule has 1 saturated carbocycles. The molecule has 0 aromatic heterocycles. The predicted octanol–water partition coefficient (Wildman–Crippen LogP) is 3.39. The van der Waals surface area contributed by atoms with Crippen molar-refractivity contribution in [3.8, 4) is 0 Å². The fourth-order valence-corrected chi connectivity index (χ4v) is 3.93. The van der Waals surface area contributed by atoms with Gasteiger partial charge in [0.1, 0.15) is 0 Å². The topological polar surface area (TPSA) is 15.3 Å². The third-order valence-corrected chi connectivity index (χ3v) is 5.22. The van der Waals surface area contributed by atoms with Gasteiger partial charge in [0.05, 0.1) is 5.54 Å². The fraction of sp³-hybridized carbons (Fsp3) is 0.667. The third-order valence-electron chi connectivity index (χ3n) is 5.22. The number of hydrogen-bond acceptors (Lipinski definition) is 2. The zero-order valence-corrected chi connectivity index (χ0v) is 12.8. The normalized spacial score (nSPS) is 28.9. The van der Waals surface area contributed by atoms with Crippen LogP contribution in [0, 0.1) is 5.92 Å². The van der Waals surface area contributed by atoms with E-state index in [1.807, 2.05) is 0 Å². The second-order valence-electron chi connectivity index (χ2n) is 6.84. The van der Waals surface area contributed by atoms with Crippen LogP contribution in [0.5, 0.6) is 0 Å². The first kappa shape index (κ1) is 14.1. The summed E-state index contributed by atoms with van der Waals surface area (Å²) in [6, 6.07) is 10.9. The van der Waals surface area contributed by atoms with Gasteiger partial charge in [-0.05, 0) is 31.4 Å². The zero-order valence-electron chi connectivity index (χ0n) is 12.8. The van der Waals surface area contributed by atoms with E-state index >= 15 is 0 Å². The maximum atomic E-state index is 3.73. The largest absolute Gasteiger partial charge is 0.305 e. The Kier molecular flexibility index (Phi) is 4.42. The van der Waals surface area contributed by atoms with Crippen LogP contribution in [0.4, 0.5) is 0 Å². The highest BCUT2D eigenvalue weighted by Gasteiger charge is 2.32. The van der Waals surface area contributed by atoms with Gasteiger partial charge in [0, 0.05) is 19.6 Å². The van der Waals surface area contributed by atoms with Crippen molar-refractivity contribution in [1.29, 1.82) is 0 Å². The minimum Gasteiger partial charge on any atom is -0.305 e. The minimum atomic E-state index is 0.120. The first-order valence-electron chi connectivity index (χ1n) is 8.29. The van der Waals surface area contributed by atoms with Crippen molar-refractivity contribution in [1.82, 2.24) is 10.2 Å². The second-order valence-corrected chi connectivity index (χ2v) is 6.84. The minimum absolute atomic E-state index is 0.120. The standard InChI is InChI=1S/C18H28N2/c1-18(17-9-3-2-4-10-17)15-20(14-12-19-18)13-11-16-7-5-6-8-16/h2-4,9-10,16,19H,5-8,11-15H2,1H3. The van der Waals surface area contributed by atoms with Crippen molar-refractivity contribution in [3.63, 3.8) is 0 Å². The Hall–Kier alpha value is -0.860. The summed E-state index contributed by atoms with van der Waals surface area (Å²) in [5.74, 6) is 1.01. The highest BCUT2D eigenvalue weighted by molar-refractivity contribution is 5.24. The van der Waals surface area contributed by atoms with Crippen molar-refractivity contribution >= 4 is 0 Å². The van der Waals surface area contributed by atoms with Crippen LogP contribution >= 0.6 is 0 Å². The molecule has 2 aliphatic rings. The molecule has 110 valence electrons. The van der Waals surface area contributed by atoms with Gasteiger partial charge < -0.3 is 5.32 Å². The fourth-order valence-electron chi connectivity index (χ4n) is 3.93. The van der Waals surface area contributed by atoms with Crippen LogP contribution < -0.4 is 5.32 Å². The summed E-state index contributed by atoms with van der Waals surface area (Å²) < 4.78 is 0. The van der Waals surface area contributed by atoms with Crippen LogP contribution in [0.2, 0.25) is 0 Å². The van der Waals surface area contributed by atoms with E-state index in [2.05, 4.69) is 47.5 Å². The summed E-state index contributed by atoms with van der Waals surface area (Å²) in [6.45, 7) is 7.09. The average Bonchev–Trinajstić information content (AvgIpc) is 3.00. The molecule has 0 radical (unpaired) electrons. The lowest BCUT2D eigenvalue weighted by Gasteiger charge is -2.42. The zero-order chi connectivity index (χ0) is 13.8. The number of nitrogens with one attached hydrogen (secondary N) is 1. The van der Waals surface area contributed by atoms with Gasteiger partial charge in [-0.3, -0.25) is 4.90 Å². The van der Waals surface area contributed by atoms with Gasteiger partial charge in [0.2, 0.25) is 0 Å². The molecule has 2 fully saturated rings. The summed E-state index contributed by atoms with van der Waals surface area (Å²) in [7, 11) is 0. The Morgan fingerprint density at radius 2 is 1.95 bits per heavy atom. The molecule has 20 heavy (non-hydrogen) atoms. The van der Waals surface area contributed by atoms with Crippen LogP contribution in [-0.4, -0.2) is 31.1 Å². The lowest BCUT2D eigenvalue weighted by molar-refractivity contribution is 0.135. The molecule has 1 unspecified atom stereocenters. The maximum Gasteiger partial charge on any atom is 0.0535 e. The van der Waals surface area contributed by atoms with Crippen LogP contribution in [0.15, 0.2) is 30.3 Å². The average molecular weight is 272 g/mol. The van der Waals surface area contributed by atoms with E-state index in [4.69, 9.17) is 0 Å². The lowest BCUT2D eigenvalue weighted by Crippen LogP contribution is -2.56. The molecular formula is C18H28N2. The van der Waals surface area contributed by atoms with Gasteiger partial charge in [0.15, 0.2) is 0 Å². The van der Waals surface area contributed by atoms with Crippen LogP contribution in [0.3, 0.4) is 0 Å². The maximum absolute atomic E-state index is 3.73. The number of benzene rings is 1. The first-order valence-corrected chi connectivity index (χ1v) is 8.29. The molecule has 1 N–H and O–H groups in total. The molecule has 1 heterocycles. The molecule has 1 saturated heterocycles. The molecular weight excluding hydrogens is 244 g/mol. The SMILES string of the molecule is CC1(c2ccccc2)CN(CCC2CCCC2)CCN1. The van der Waals surface area contributed by atoms with E-state index in [-0.39, 0.29) is 5.54 Å². The van der Waals surface area contributed by atoms with Crippen molar-refractivity contribution in [2.75, 3.05) is 26.2 Å². The van der Waals surface area contributed by atoms with Crippen molar-refractivity contribution < 1.29 is 0 Å². The molecule has 1 aliphatic heterocycles. The Morgan fingerprint density at radius 3 is 2.70 bits per heavy atom.